The average Bonchev–Trinajstić information content (AvgIpc) is 2.86. The zero-order valence-electron chi connectivity index (χ0n) is 22.7. The molecule has 2 rings (SSSR count). The summed E-state index contributed by atoms with van der Waals surface area (Å²) < 4.78 is 38.6. The number of rotatable bonds is 11. The molecule has 0 radical (unpaired) electrons. The number of carbonyl (C=O) groups is 5. The van der Waals surface area contributed by atoms with E-state index >= 15 is 0 Å². The van der Waals surface area contributed by atoms with Gasteiger partial charge in [-0.15, -0.1) is 0 Å². The van der Waals surface area contributed by atoms with Gasteiger partial charge in [0.25, 0.3) is 5.79 Å². The maximum atomic E-state index is 13.2. The molecule has 2 fully saturated rings. The van der Waals surface area contributed by atoms with Gasteiger partial charge in [-0.25, -0.2) is 4.79 Å². The van der Waals surface area contributed by atoms with Crippen molar-refractivity contribution in [1.29, 1.82) is 0 Å². The zero-order valence-corrected chi connectivity index (χ0v) is 22.7. The van der Waals surface area contributed by atoms with Crippen LogP contribution in [0.4, 0.5) is 0 Å². The van der Waals surface area contributed by atoms with Crippen LogP contribution in [-0.4, -0.2) is 85.9 Å². The minimum absolute atomic E-state index is 0.412. The average molecular weight is 558 g/mol. The van der Waals surface area contributed by atoms with E-state index in [1.54, 1.807) is 0 Å². The molecule has 0 spiro atoms. The molecule has 1 saturated heterocycles. The van der Waals surface area contributed by atoms with Crippen LogP contribution in [0.3, 0.4) is 0 Å². The van der Waals surface area contributed by atoms with Crippen molar-refractivity contribution in [2.75, 3.05) is 13.7 Å². The number of carbonyl (C=O) groups excluding carboxylic acids is 5. The Labute approximate surface area is 225 Å². The summed E-state index contributed by atoms with van der Waals surface area (Å²) in [6.45, 7) is 3.78. The van der Waals surface area contributed by atoms with Crippen LogP contribution in [0.1, 0.15) is 66.2 Å². The molecule has 15 heteroatoms. The number of esters is 5. The topological polar surface area (TPSA) is 199 Å². The van der Waals surface area contributed by atoms with Gasteiger partial charge in [0.15, 0.2) is 12.2 Å². The summed E-state index contributed by atoms with van der Waals surface area (Å²) in [4.78, 5) is 63.8. The minimum Gasteiger partial charge on any atom is -0.465 e. The van der Waals surface area contributed by atoms with E-state index in [1.807, 2.05) is 0 Å². The van der Waals surface area contributed by atoms with Crippen LogP contribution in [0.25, 0.3) is 10.4 Å². The smallest absolute Gasteiger partial charge is 0.366 e. The van der Waals surface area contributed by atoms with E-state index < -0.39 is 85.2 Å². The molecule has 0 aromatic rings. The lowest BCUT2D eigenvalue weighted by atomic mass is 9.88. The SMILES string of the molecule is COC(=O)[C@]1(OC2CCCCC2)C[C@H](OC(C)=O)[C@@H](N=[N+]=[N-])[C@H]([C@H](OC(C)=O)[C@@H](COC(C)=O)OC(C)=O)O1. The molecule has 2 aliphatic rings. The Morgan fingerprint density at radius 1 is 0.974 bits per heavy atom. The van der Waals surface area contributed by atoms with Gasteiger partial charge in [0.1, 0.15) is 24.9 Å². The third-order valence-electron chi connectivity index (χ3n) is 6.18. The lowest BCUT2D eigenvalue weighted by Crippen LogP contribution is -2.65. The quantitative estimate of drug-likeness (QED) is 0.118. The van der Waals surface area contributed by atoms with Gasteiger partial charge in [0, 0.05) is 32.6 Å². The fraction of sp³-hybridized carbons (Fsp3) is 0.792. The summed E-state index contributed by atoms with van der Waals surface area (Å²) in [7, 11) is 1.11. The van der Waals surface area contributed by atoms with E-state index in [0.717, 1.165) is 54.1 Å². The van der Waals surface area contributed by atoms with Crippen molar-refractivity contribution in [3.8, 4) is 0 Å². The van der Waals surface area contributed by atoms with E-state index in [1.165, 1.54) is 0 Å². The Morgan fingerprint density at radius 2 is 1.62 bits per heavy atom. The number of hydrogen-bond donors (Lipinski definition) is 0. The molecule has 0 amide bonds. The first-order chi connectivity index (χ1) is 18.4. The van der Waals surface area contributed by atoms with Gasteiger partial charge < -0.3 is 33.2 Å². The van der Waals surface area contributed by atoms with Crippen molar-refractivity contribution in [2.45, 2.75) is 109 Å². The normalized spacial score (nSPS) is 26.6. The maximum Gasteiger partial charge on any atom is 0.366 e. The van der Waals surface area contributed by atoms with E-state index in [-0.39, 0.29) is 0 Å². The van der Waals surface area contributed by atoms with Crippen LogP contribution in [0.15, 0.2) is 5.11 Å². The molecule has 0 aromatic heterocycles. The number of methoxy groups -OCH3 is 1. The fourth-order valence-electron chi connectivity index (χ4n) is 4.74. The van der Waals surface area contributed by atoms with Gasteiger partial charge >= 0.3 is 29.8 Å². The summed E-state index contributed by atoms with van der Waals surface area (Å²) in [5.41, 5.74) is 9.34. The summed E-state index contributed by atoms with van der Waals surface area (Å²) >= 11 is 0. The third kappa shape index (κ3) is 9.08. The summed E-state index contributed by atoms with van der Waals surface area (Å²) in [6, 6.07) is -1.40. The van der Waals surface area contributed by atoms with Crippen molar-refractivity contribution < 1.29 is 57.1 Å². The minimum atomic E-state index is -2.18. The highest BCUT2D eigenvalue weighted by Crippen LogP contribution is 2.40. The van der Waals surface area contributed by atoms with Crippen LogP contribution >= 0.6 is 0 Å². The van der Waals surface area contributed by atoms with Gasteiger partial charge in [-0.2, -0.15) is 0 Å². The zero-order chi connectivity index (χ0) is 29.2. The molecule has 6 atom stereocenters. The second kappa shape index (κ2) is 14.7. The predicted molar refractivity (Wildman–Crippen MR) is 128 cm³/mol. The van der Waals surface area contributed by atoms with Crippen LogP contribution in [0.2, 0.25) is 0 Å². The van der Waals surface area contributed by atoms with Crippen LogP contribution in [-0.2, 0) is 57.1 Å². The molecular formula is C24H35N3O12. The lowest BCUT2D eigenvalue weighted by Gasteiger charge is -2.48. The Balaban J connectivity index is 2.68. The molecule has 0 bridgehead atoms. The molecule has 1 aliphatic carbocycles. The fourth-order valence-corrected chi connectivity index (χ4v) is 4.74. The number of hydrogen-bond acceptors (Lipinski definition) is 13. The van der Waals surface area contributed by atoms with Crippen molar-refractivity contribution in [3.63, 3.8) is 0 Å². The molecule has 0 N–H and O–H groups in total. The Kier molecular flexibility index (Phi) is 11.9. The predicted octanol–water partition coefficient (Wildman–Crippen LogP) is 2.03. The molecule has 0 aromatic carbocycles. The largest absolute Gasteiger partial charge is 0.465 e. The first-order valence-electron chi connectivity index (χ1n) is 12.6. The van der Waals surface area contributed by atoms with Crippen LogP contribution in [0.5, 0.6) is 0 Å². The van der Waals surface area contributed by atoms with Gasteiger partial charge in [-0.3, -0.25) is 19.2 Å². The molecule has 1 aliphatic heterocycles. The lowest BCUT2D eigenvalue weighted by molar-refractivity contribution is -0.325. The first-order valence-corrected chi connectivity index (χ1v) is 12.6. The van der Waals surface area contributed by atoms with Gasteiger partial charge in [0.05, 0.1) is 19.6 Å². The highest BCUT2D eigenvalue weighted by Gasteiger charge is 2.59. The molecule has 15 nitrogen and oxygen atoms in total. The molecular weight excluding hydrogens is 522 g/mol. The molecule has 1 heterocycles. The molecule has 1 saturated carbocycles. The van der Waals surface area contributed by atoms with Crippen LogP contribution < -0.4 is 0 Å². The van der Waals surface area contributed by atoms with Gasteiger partial charge in [-0.05, 0) is 18.4 Å². The van der Waals surface area contributed by atoms with Crippen molar-refractivity contribution in [1.82, 2.24) is 0 Å². The number of nitrogens with zero attached hydrogens (tertiary/aromatic N) is 3. The van der Waals surface area contributed by atoms with E-state index in [2.05, 4.69) is 10.0 Å². The summed E-state index contributed by atoms with van der Waals surface area (Å²) in [5.74, 6) is -6.34. The number of ether oxygens (including phenoxy) is 7. The summed E-state index contributed by atoms with van der Waals surface area (Å²) in [5, 5.41) is 3.71. The van der Waals surface area contributed by atoms with E-state index in [9.17, 15) is 29.5 Å². The van der Waals surface area contributed by atoms with Crippen molar-refractivity contribution in [3.05, 3.63) is 10.4 Å². The van der Waals surface area contributed by atoms with Crippen molar-refractivity contribution in [2.24, 2.45) is 5.11 Å². The Bertz CT molecular complexity index is 962. The van der Waals surface area contributed by atoms with Gasteiger partial charge in [0.2, 0.25) is 0 Å². The van der Waals surface area contributed by atoms with E-state index in [0.29, 0.717) is 12.8 Å². The highest BCUT2D eigenvalue weighted by atomic mass is 16.7. The monoisotopic (exact) mass is 557 g/mol. The second-order valence-electron chi connectivity index (χ2n) is 9.28. The Morgan fingerprint density at radius 3 is 2.13 bits per heavy atom. The first kappa shape index (κ1) is 31.8. The van der Waals surface area contributed by atoms with Crippen molar-refractivity contribution >= 4 is 29.8 Å². The Hall–Kier alpha value is -3.42. The third-order valence-corrected chi connectivity index (χ3v) is 6.18. The number of azide groups is 1. The molecule has 0 unspecified atom stereocenters. The van der Waals surface area contributed by atoms with Crippen LogP contribution in [0, 0.1) is 0 Å². The van der Waals surface area contributed by atoms with Gasteiger partial charge in [-0.1, -0.05) is 24.4 Å². The second-order valence-corrected chi connectivity index (χ2v) is 9.28. The molecule has 218 valence electrons. The maximum absolute atomic E-state index is 13.2. The highest BCUT2D eigenvalue weighted by molar-refractivity contribution is 5.78. The molecule has 39 heavy (non-hydrogen) atoms. The van der Waals surface area contributed by atoms with E-state index in [4.69, 9.17) is 33.2 Å². The standard InChI is InChI=1S/C24H35N3O12/c1-13(28)34-12-19(36-15(3)30)21(37-16(4)31)22-20(26-27-25)18(35-14(2)29)11-24(39-22,23(32)33-5)38-17-9-7-6-8-10-17/h17-22H,6-12H2,1-5H3/t18-,19+,20+,21+,22+,24-/m0/s1. The summed E-state index contributed by atoms with van der Waals surface area (Å²) in [6.07, 6.45) is -2.94.